The highest BCUT2D eigenvalue weighted by Gasteiger charge is 2.32. The van der Waals surface area contributed by atoms with Crippen LogP contribution in [-0.2, 0) is 0 Å². The third-order valence-electron chi connectivity index (χ3n) is 4.22. The van der Waals surface area contributed by atoms with Crippen LogP contribution in [0.15, 0.2) is 6.07 Å². The molecule has 5 nitrogen and oxygen atoms in total. The van der Waals surface area contributed by atoms with E-state index < -0.39 is 5.97 Å². The number of anilines is 1. The second kappa shape index (κ2) is 5.05. The van der Waals surface area contributed by atoms with Crippen LogP contribution in [0.1, 0.15) is 34.5 Å². The average molecular weight is 275 g/mol. The summed E-state index contributed by atoms with van der Waals surface area (Å²) < 4.78 is 0. The van der Waals surface area contributed by atoms with Crippen LogP contribution in [0.3, 0.4) is 0 Å². The van der Waals surface area contributed by atoms with E-state index in [1.807, 2.05) is 19.9 Å². The van der Waals surface area contributed by atoms with Gasteiger partial charge in [0.15, 0.2) is 0 Å². The van der Waals surface area contributed by atoms with E-state index in [1.165, 1.54) is 12.8 Å². The lowest BCUT2D eigenvalue weighted by Crippen LogP contribution is -2.48. The summed E-state index contributed by atoms with van der Waals surface area (Å²) in [6, 6.07) is 2.62. The quantitative estimate of drug-likeness (QED) is 0.909. The molecule has 3 rings (SSSR count). The van der Waals surface area contributed by atoms with E-state index in [0.29, 0.717) is 11.4 Å². The molecule has 108 valence electrons. The van der Waals surface area contributed by atoms with Gasteiger partial charge in [-0.1, -0.05) is 0 Å². The first kappa shape index (κ1) is 13.4. The normalized spacial score (nSPS) is 20.2. The average Bonchev–Trinajstić information content (AvgIpc) is 3.21. The number of nitrogens with zero attached hydrogens (tertiary/aromatic N) is 3. The fourth-order valence-electron chi connectivity index (χ4n) is 3.05. The minimum absolute atomic E-state index is 0.357. The third-order valence-corrected chi connectivity index (χ3v) is 4.22. The van der Waals surface area contributed by atoms with E-state index >= 15 is 0 Å². The first-order chi connectivity index (χ1) is 9.56. The van der Waals surface area contributed by atoms with E-state index in [-0.39, 0.29) is 0 Å². The summed E-state index contributed by atoms with van der Waals surface area (Å²) in [5.74, 6) is -0.236. The van der Waals surface area contributed by atoms with Gasteiger partial charge in [-0.25, -0.2) is 9.78 Å². The second-order valence-corrected chi connectivity index (χ2v) is 5.84. The monoisotopic (exact) mass is 275 g/mol. The zero-order valence-electron chi connectivity index (χ0n) is 12.1. The summed E-state index contributed by atoms with van der Waals surface area (Å²) in [6.45, 7) is 7.53. The van der Waals surface area contributed by atoms with E-state index in [4.69, 9.17) is 0 Å². The van der Waals surface area contributed by atoms with Crippen molar-refractivity contribution in [3.05, 3.63) is 22.9 Å². The van der Waals surface area contributed by atoms with Crippen LogP contribution in [0.5, 0.6) is 0 Å². The van der Waals surface area contributed by atoms with Crippen molar-refractivity contribution in [2.24, 2.45) is 0 Å². The van der Waals surface area contributed by atoms with Gasteiger partial charge < -0.3 is 10.0 Å². The molecular weight excluding hydrogens is 254 g/mol. The SMILES string of the molecule is Cc1cc(C)c(C(=O)O)c(N2CCN(C3CC3)CC2)n1. The van der Waals surface area contributed by atoms with Crippen molar-refractivity contribution >= 4 is 11.8 Å². The molecular formula is C15H21N3O2. The Morgan fingerprint density at radius 3 is 2.45 bits per heavy atom. The lowest BCUT2D eigenvalue weighted by molar-refractivity contribution is 0.0696. The number of piperazine rings is 1. The number of aryl methyl sites for hydroxylation is 2. The standard InChI is InChI=1S/C15H21N3O2/c1-10-9-11(2)16-14(13(10)15(19)20)18-7-5-17(6-8-18)12-3-4-12/h9,12H,3-8H2,1-2H3,(H,19,20). The molecule has 0 aromatic carbocycles. The Balaban J connectivity index is 1.84. The summed E-state index contributed by atoms with van der Waals surface area (Å²) in [6.07, 6.45) is 2.64. The molecule has 0 amide bonds. The molecule has 1 saturated heterocycles. The fraction of sp³-hybridized carbons (Fsp3) is 0.600. The van der Waals surface area contributed by atoms with Crippen molar-refractivity contribution in [3.8, 4) is 0 Å². The number of aromatic nitrogens is 1. The number of pyridine rings is 1. The summed E-state index contributed by atoms with van der Waals surface area (Å²) in [7, 11) is 0. The largest absolute Gasteiger partial charge is 0.478 e. The maximum Gasteiger partial charge on any atom is 0.339 e. The van der Waals surface area contributed by atoms with Gasteiger partial charge in [0, 0.05) is 37.9 Å². The number of aromatic carboxylic acids is 1. The Morgan fingerprint density at radius 1 is 1.25 bits per heavy atom. The molecule has 5 heteroatoms. The Kier molecular flexibility index (Phi) is 3.38. The maximum atomic E-state index is 11.5. The molecule has 1 N–H and O–H groups in total. The van der Waals surface area contributed by atoms with E-state index in [9.17, 15) is 9.90 Å². The molecule has 0 radical (unpaired) electrons. The van der Waals surface area contributed by atoms with Crippen molar-refractivity contribution in [2.75, 3.05) is 31.1 Å². The van der Waals surface area contributed by atoms with Gasteiger partial charge in [0.1, 0.15) is 11.4 Å². The van der Waals surface area contributed by atoms with Crippen molar-refractivity contribution in [3.63, 3.8) is 0 Å². The first-order valence-corrected chi connectivity index (χ1v) is 7.27. The molecule has 0 bridgehead atoms. The minimum Gasteiger partial charge on any atom is -0.478 e. The number of hydrogen-bond donors (Lipinski definition) is 1. The lowest BCUT2D eigenvalue weighted by Gasteiger charge is -2.36. The molecule has 0 unspecified atom stereocenters. The number of carbonyl (C=O) groups is 1. The maximum absolute atomic E-state index is 11.5. The Labute approximate surface area is 119 Å². The predicted molar refractivity (Wildman–Crippen MR) is 77.5 cm³/mol. The Hall–Kier alpha value is -1.62. The van der Waals surface area contributed by atoms with E-state index in [1.54, 1.807) is 0 Å². The van der Waals surface area contributed by atoms with Gasteiger partial charge in [-0.2, -0.15) is 0 Å². The van der Waals surface area contributed by atoms with Crippen LogP contribution in [0, 0.1) is 13.8 Å². The predicted octanol–water partition coefficient (Wildman–Crippen LogP) is 1.68. The molecule has 2 aliphatic rings. The number of hydrogen-bond acceptors (Lipinski definition) is 4. The van der Waals surface area contributed by atoms with Gasteiger partial charge in [0.25, 0.3) is 0 Å². The van der Waals surface area contributed by atoms with Crippen LogP contribution in [0.4, 0.5) is 5.82 Å². The molecule has 1 aromatic rings. The zero-order chi connectivity index (χ0) is 14.3. The van der Waals surface area contributed by atoms with Crippen LogP contribution < -0.4 is 4.90 Å². The van der Waals surface area contributed by atoms with E-state index in [0.717, 1.165) is 43.5 Å². The van der Waals surface area contributed by atoms with Gasteiger partial charge >= 0.3 is 5.97 Å². The molecule has 20 heavy (non-hydrogen) atoms. The van der Waals surface area contributed by atoms with Crippen LogP contribution in [0.2, 0.25) is 0 Å². The molecule has 1 aliphatic carbocycles. The Morgan fingerprint density at radius 2 is 1.90 bits per heavy atom. The van der Waals surface area contributed by atoms with E-state index in [2.05, 4.69) is 14.8 Å². The zero-order valence-corrected chi connectivity index (χ0v) is 12.1. The Bertz CT molecular complexity index is 532. The highest BCUT2D eigenvalue weighted by Crippen LogP contribution is 2.29. The number of carboxylic acids is 1. The lowest BCUT2D eigenvalue weighted by atomic mass is 10.1. The molecule has 0 spiro atoms. The van der Waals surface area contributed by atoms with Gasteiger partial charge in [-0.3, -0.25) is 4.90 Å². The fourth-order valence-corrected chi connectivity index (χ4v) is 3.05. The molecule has 1 saturated carbocycles. The van der Waals surface area contributed by atoms with Gasteiger partial charge in [0.05, 0.1) is 0 Å². The van der Waals surface area contributed by atoms with Crippen molar-refractivity contribution in [1.82, 2.24) is 9.88 Å². The summed E-state index contributed by atoms with van der Waals surface area (Å²) >= 11 is 0. The second-order valence-electron chi connectivity index (χ2n) is 5.84. The number of carboxylic acid groups (broad SMARTS) is 1. The summed E-state index contributed by atoms with van der Waals surface area (Å²) in [5, 5.41) is 9.44. The van der Waals surface area contributed by atoms with Crippen LogP contribution in [-0.4, -0.2) is 53.2 Å². The smallest absolute Gasteiger partial charge is 0.339 e. The molecule has 0 atom stereocenters. The topological polar surface area (TPSA) is 56.7 Å². The highest BCUT2D eigenvalue weighted by atomic mass is 16.4. The van der Waals surface area contributed by atoms with Crippen molar-refractivity contribution in [1.29, 1.82) is 0 Å². The highest BCUT2D eigenvalue weighted by molar-refractivity contribution is 5.95. The van der Waals surface area contributed by atoms with Gasteiger partial charge in [-0.15, -0.1) is 0 Å². The summed E-state index contributed by atoms with van der Waals surface area (Å²) in [4.78, 5) is 20.6. The van der Waals surface area contributed by atoms with Crippen molar-refractivity contribution < 1.29 is 9.90 Å². The minimum atomic E-state index is -0.880. The van der Waals surface area contributed by atoms with Crippen LogP contribution >= 0.6 is 0 Å². The summed E-state index contributed by atoms with van der Waals surface area (Å²) in [5.41, 5.74) is 2.03. The van der Waals surface area contributed by atoms with Gasteiger partial charge in [-0.05, 0) is 38.3 Å². The van der Waals surface area contributed by atoms with Crippen LogP contribution in [0.25, 0.3) is 0 Å². The first-order valence-electron chi connectivity index (χ1n) is 7.27. The van der Waals surface area contributed by atoms with Gasteiger partial charge in [0.2, 0.25) is 0 Å². The molecule has 1 aliphatic heterocycles. The van der Waals surface area contributed by atoms with Crippen molar-refractivity contribution in [2.45, 2.75) is 32.7 Å². The molecule has 2 fully saturated rings. The number of rotatable bonds is 3. The molecule has 2 heterocycles. The third kappa shape index (κ3) is 2.50. The molecule has 1 aromatic heterocycles.